The van der Waals surface area contributed by atoms with Crippen molar-refractivity contribution in [3.8, 4) is 5.75 Å². The molecule has 0 unspecified atom stereocenters. The summed E-state index contributed by atoms with van der Waals surface area (Å²) in [4.78, 5) is 17.6. The van der Waals surface area contributed by atoms with Gasteiger partial charge >= 0.3 is 5.97 Å². The molecule has 2 aromatic rings. The van der Waals surface area contributed by atoms with Crippen molar-refractivity contribution in [1.82, 2.24) is 9.38 Å². The van der Waals surface area contributed by atoms with Crippen LogP contribution in [0, 0.1) is 19.8 Å². The summed E-state index contributed by atoms with van der Waals surface area (Å²) in [5.74, 6) is 0.806. The van der Waals surface area contributed by atoms with Crippen molar-refractivity contribution in [3.63, 3.8) is 0 Å². The minimum atomic E-state index is -2.24. The van der Waals surface area contributed by atoms with Gasteiger partial charge in [-0.25, -0.2) is 9.78 Å². The molecule has 29 heavy (non-hydrogen) atoms. The van der Waals surface area contributed by atoms with Crippen molar-refractivity contribution in [1.29, 1.82) is 0 Å². The number of carbonyl (C=O) groups excluding carboxylic acids is 1. The van der Waals surface area contributed by atoms with Crippen molar-refractivity contribution in [2.75, 3.05) is 6.61 Å². The van der Waals surface area contributed by atoms with E-state index in [2.05, 4.69) is 47.4 Å². The lowest BCUT2D eigenvalue weighted by Gasteiger charge is -2.42. The van der Waals surface area contributed by atoms with E-state index in [4.69, 9.17) is 14.1 Å². The highest BCUT2D eigenvalue weighted by Crippen LogP contribution is 2.46. The van der Waals surface area contributed by atoms with Crippen molar-refractivity contribution in [2.45, 2.75) is 73.0 Å². The second-order valence-electron chi connectivity index (χ2n) is 9.03. The van der Waals surface area contributed by atoms with Crippen LogP contribution in [0.15, 0.2) is 18.9 Å². The number of carbonyl (C=O) groups is 1. The van der Waals surface area contributed by atoms with Crippen molar-refractivity contribution in [3.05, 3.63) is 41.4 Å². The first-order valence-corrected chi connectivity index (χ1v) is 13.3. The molecule has 2 aromatic heterocycles. The predicted molar refractivity (Wildman–Crippen MR) is 122 cm³/mol. The normalized spacial score (nSPS) is 12.5. The van der Waals surface area contributed by atoms with Crippen molar-refractivity contribution >= 4 is 19.9 Å². The second-order valence-corrected chi connectivity index (χ2v) is 13.5. The van der Waals surface area contributed by atoms with Gasteiger partial charge in [0.15, 0.2) is 11.4 Å². The zero-order valence-corrected chi connectivity index (χ0v) is 20.5. The standard InChI is InChI=1S/C23H36N2O3Si/c1-11-13-18-19(22(26)27-12-2)14-25-17(6)16(5)24-21(25)20(18)28-29(9,10)23(7,8)15(3)4/h11,14-15H,1,12-13H2,2-10H3. The molecule has 0 bridgehead atoms. The Morgan fingerprint density at radius 1 is 1.34 bits per heavy atom. The van der Waals surface area contributed by atoms with E-state index in [1.807, 2.05) is 31.4 Å². The molecule has 0 aromatic carbocycles. The molecule has 0 aliphatic heterocycles. The van der Waals surface area contributed by atoms with Crippen LogP contribution in [-0.4, -0.2) is 30.3 Å². The van der Waals surface area contributed by atoms with Gasteiger partial charge < -0.3 is 13.6 Å². The number of nitrogens with zero attached hydrogens (tertiary/aromatic N) is 2. The molecule has 0 spiro atoms. The maximum Gasteiger partial charge on any atom is 0.340 e. The minimum Gasteiger partial charge on any atom is -0.541 e. The van der Waals surface area contributed by atoms with Crippen LogP contribution in [0.2, 0.25) is 18.1 Å². The number of pyridine rings is 1. The number of rotatable bonds is 8. The Labute approximate surface area is 176 Å². The molecule has 0 aliphatic rings. The Morgan fingerprint density at radius 3 is 2.48 bits per heavy atom. The molecular formula is C23H36N2O3Si. The molecule has 0 atom stereocenters. The Hall–Kier alpha value is -2.08. The van der Waals surface area contributed by atoms with Gasteiger partial charge in [-0.15, -0.1) is 6.58 Å². The number of aryl methyl sites for hydroxylation is 2. The van der Waals surface area contributed by atoms with E-state index in [0.717, 1.165) is 22.6 Å². The number of esters is 1. The average Bonchev–Trinajstić information content (AvgIpc) is 2.91. The molecule has 0 fully saturated rings. The maximum absolute atomic E-state index is 12.8. The quantitative estimate of drug-likeness (QED) is 0.306. The molecule has 0 saturated carbocycles. The van der Waals surface area contributed by atoms with Gasteiger partial charge in [0.2, 0.25) is 0 Å². The fourth-order valence-corrected chi connectivity index (χ4v) is 5.71. The Bertz CT molecular complexity index is 926. The summed E-state index contributed by atoms with van der Waals surface area (Å²) >= 11 is 0. The van der Waals surface area contributed by atoms with Crippen LogP contribution in [0.25, 0.3) is 5.65 Å². The smallest absolute Gasteiger partial charge is 0.340 e. The molecule has 6 heteroatoms. The van der Waals surface area contributed by atoms with Crippen molar-refractivity contribution < 1.29 is 14.0 Å². The van der Waals surface area contributed by atoms with Gasteiger partial charge in [-0.05, 0) is 51.2 Å². The SMILES string of the molecule is C=CCc1c(C(=O)OCC)cn2c(C)c(C)nc2c1O[Si](C)(C)C(C)(C)C(C)C. The van der Waals surface area contributed by atoms with Crippen LogP contribution >= 0.6 is 0 Å². The number of ether oxygens (including phenoxy) is 1. The third kappa shape index (κ3) is 4.13. The van der Waals surface area contributed by atoms with Crippen LogP contribution in [-0.2, 0) is 11.2 Å². The van der Waals surface area contributed by atoms with Crippen LogP contribution in [0.4, 0.5) is 0 Å². The van der Waals surface area contributed by atoms with E-state index >= 15 is 0 Å². The minimum absolute atomic E-state index is 0.0199. The highest BCUT2D eigenvalue weighted by atomic mass is 28.4. The summed E-state index contributed by atoms with van der Waals surface area (Å²) in [5, 5.41) is 0.0199. The van der Waals surface area contributed by atoms with Gasteiger partial charge in [0.05, 0.1) is 17.9 Å². The highest BCUT2D eigenvalue weighted by molar-refractivity contribution is 6.75. The summed E-state index contributed by atoms with van der Waals surface area (Å²) in [7, 11) is -2.24. The molecule has 0 N–H and O–H groups in total. The van der Waals surface area contributed by atoms with Crippen LogP contribution in [0.3, 0.4) is 0 Å². The van der Waals surface area contributed by atoms with Crippen LogP contribution < -0.4 is 4.43 Å². The molecule has 0 radical (unpaired) electrons. The first-order valence-electron chi connectivity index (χ1n) is 10.4. The van der Waals surface area contributed by atoms with E-state index in [1.165, 1.54) is 0 Å². The monoisotopic (exact) mass is 416 g/mol. The number of allylic oxidation sites excluding steroid dienone is 1. The maximum atomic E-state index is 12.8. The summed E-state index contributed by atoms with van der Waals surface area (Å²) in [5.41, 5.74) is 3.98. The molecule has 2 heterocycles. The van der Waals surface area contributed by atoms with Gasteiger partial charge in [-0.1, -0.05) is 33.8 Å². The van der Waals surface area contributed by atoms with Gasteiger partial charge in [0.1, 0.15) is 0 Å². The third-order valence-electron chi connectivity index (χ3n) is 6.64. The van der Waals surface area contributed by atoms with Gasteiger partial charge in [-0.3, -0.25) is 0 Å². The topological polar surface area (TPSA) is 52.8 Å². The molecular weight excluding hydrogens is 380 g/mol. The summed E-state index contributed by atoms with van der Waals surface area (Å²) in [6.45, 7) is 23.5. The molecule has 0 amide bonds. The van der Waals surface area contributed by atoms with E-state index in [9.17, 15) is 4.79 Å². The predicted octanol–water partition coefficient (Wildman–Crippen LogP) is 5.88. The van der Waals surface area contributed by atoms with Gasteiger partial charge in [-0.2, -0.15) is 0 Å². The number of hydrogen-bond acceptors (Lipinski definition) is 4. The lowest BCUT2D eigenvalue weighted by atomic mass is 9.99. The summed E-state index contributed by atoms with van der Waals surface area (Å²) < 4.78 is 14.2. The van der Waals surface area contributed by atoms with E-state index in [-0.39, 0.29) is 11.0 Å². The lowest BCUT2D eigenvalue weighted by molar-refractivity contribution is 0.0524. The van der Waals surface area contributed by atoms with E-state index < -0.39 is 8.32 Å². The van der Waals surface area contributed by atoms with Crippen molar-refractivity contribution in [2.24, 2.45) is 5.92 Å². The Balaban J connectivity index is 2.83. The zero-order chi connectivity index (χ0) is 22.1. The lowest BCUT2D eigenvalue weighted by Crippen LogP contribution is -2.48. The van der Waals surface area contributed by atoms with E-state index in [1.54, 1.807) is 6.08 Å². The third-order valence-corrected chi connectivity index (χ3v) is 11.0. The number of fused-ring (bicyclic) bond motifs is 1. The zero-order valence-electron chi connectivity index (χ0n) is 19.5. The first kappa shape index (κ1) is 23.2. The molecule has 160 valence electrons. The Kier molecular flexibility index (Phi) is 6.67. The van der Waals surface area contributed by atoms with Crippen LogP contribution in [0.5, 0.6) is 5.75 Å². The highest BCUT2D eigenvalue weighted by Gasteiger charge is 2.45. The number of hydrogen-bond donors (Lipinski definition) is 0. The summed E-state index contributed by atoms with van der Waals surface area (Å²) in [6.07, 6.45) is 4.14. The number of imidazole rings is 1. The number of aromatic nitrogens is 2. The summed E-state index contributed by atoms with van der Waals surface area (Å²) in [6, 6.07) is 0. The molecule has 5 nitrogen and oxygen atoms in total. The van der Waals surface area contributed by atoms with Gasteiger partial charge in [0.25, 0.3) is 8.32 Å². The molecule has 2 rings (SSSR count). The fourth-order valence-electron chi connectivity index (χ4n) is 3.33. The largest absolute Gasteiger partial charge is 0.541 e. The van der Waals surface area contributed by atoms with E-state index in [0.29, 0.717) is 30.3 Å². The average molecular weight is 417 g/mol. The van der Waals surface area contributed by atoms with Gasteiger partial charge in [0, 0.05) is 17.5 Å². The first-order chi connectivity index (χ1) is 13.4. The second kappa shape index (κ2) is 8.34. The molecule has 0 aliphatic carbocycles. The van der Waals surface area contributed by atoms with Crippen LogP contribution in [0.1, 0.15) is 61.9 Å². The fraction of sp³-hybridized carbons (Fsp3) is 0.565. The Morgan fingerprint density at radius 2 is 1.97 bits per heavy atom. The molecule has 0 saturated heterocycles.